The molecule has 0 atom stereocenters. The molecular weight excluding hydrogens is 360 g/mol. The van der Waals surface area contributed by atoms with Gasteiger partial charge in [-0.3, -0.25) is 9.59 Å². The van der Waals surface area contributed by atoms with Gasteiger partial charge in [-0.1, -0.05) is 30.3 Å². The van der Waals surface area contributed by atoms with Crippen molar-refractivity contribution < 1.29 is 23.8 Å². The lowest BCUT2D eigenvalue weighted by Gasteiger charge is -2.14. The van der Waals surface area contributed by atoms with Crippen molar-refractivity contribution in [2.45, 2.75) is 19.4 Å². The number of amides is 2. The minimum absolute atomic E-state index is 0.108. The molecular formula is C21H26N2O5. The minimum atomic E-state index is -0.159. The van der Waals surface area contributed by atoms with Crippen molar-refractivity contribution in [2.75, 3.05) is 27.9 Å². The average Bonchev–Trinajstić information content (AvgIpc) is 2.72. The molecule has 2 aromatic carbocycles. The van der Waals surface area contributed by atoms with Crippen molar-refractivity contribution in [1.29, 1.82) is 0 Å². The zero-order chi connectivity index (χ0) is 20.4. The number of carbonyl (C=O) groups excluding carboxylic acids is 2. The van der Waals surface area contributed by atoms with Crippen LogP contribution in [0.5, 0.6) is 17.2 Å². The number of methoxy groups -OCH3 is 3. The third-order valence-corrected chi connectivity index (χ3v) is 4.10. The van der Waals surface area contributed by atoms with Crippen LogP contribution in [0.15, 0.2) is 42.5 Å². The average molecular weight is 386 g/mol. The normalized spacial score (nSPS) is 10.1. The molecule has 0 fully saturated rings. The molecule has 7 heteroatoms. The Morgan fingerprint density at radius 3 is 2.04 bits per heavy atom. The summed E-state index contributed by atoms with van der Waals surface area (Å²) in [5.41, 5.74) is 1.75. The van der Waals surface area contributed by atoms with Gasteiger partial charge in [0.2, 0.25) is 17.6 Å². The summed E-state index contributed by atoms with van der Waals surface area (Å²) in [7, 11) is 4.61. The zero-order valence-corrected chi connectivity index (χ0v) is 16.4. The molecule has 0 heterocycles. The zero-order valence-electron chi connectivity index (χ0n) is 16.4. The van der Waals surface area contributed by atoms with Crippen molar-refractivity contribution in [2.24, 2.45) is 0 Å². The number of nitrogens with one attached hydrogen (secondary N) is 2. The summed E-state index contributed by atoms with van der Waals surface area (Å²) in [6.45, 7) is 0.597. The van der Waals surface area contributed by atoms with Crippen molar-refractivity contribution in [3.05, 3.63) is 53.6 Å². The Hall–Kier alpha value is -3.22. The second kappa shape index (κ2) is 10.8. The first-order chi connectivity index (χ1) is 13.6. The predicted molar refractivity (Wildman–Crippen MR) is 106 cm³/mol. The van der Waals surface area contributed by atoms with E-state index >= 15 is 0 Å². The first-order valence-electron chi connectivity index (χ1n) is 8.93. The lowest BCUT2D eigenvalue weighted by Crippen LogP contribution is -2.31. The molecule has 0 spiro atoms. The van der Waals surface area contributed by atoms with Crippen LogP contribution in [-0.2, 0) is 22.6 Å². The first kappa shape index (κ1) is 21.1. The van der Waals surface area contributed by atoms with Crippen LogP contribution >= 0.6 is 0 Å². The van der Waals surface area contributed by atoms with Crippen LogP contribution in [0.2, 0.25) is 0 Å². The standard InChI is InChI=1S/C21H26N2O5/c1-26-17-11-16(12-18(27-2)21(17)28-3)14-23-19(24)9-10-22-20(25)13-15-7-5-4-6-8-15/h4-8,11-12H,9-10,13-14H2,1-3H3,(H,22,25)(H,23,24). The van der Waals surface area contributed by atoms with Crippen molar-refractivity contribution >= 4 is 11.8 Å². The van der Waals surface area contributed by atoms with Gasteiger partial charge in [0, 0.05) is 19.5 Å². The quantitative estimate of drug-likeness (QED) is 0.653. The van der Waals surface area contributed by atoms with Gasteiger partial charge in [0.15, 0.2) is 11.5 Å². The molecule has 2 amide bonds. The van der Waals surface area contributed by atoms with Gasteiger partial charge in [-0.05, 0) is 23.3 Å². The van der Waals surface area contributed by atoms with E-state index in [-0.39, 0.29) is 24.8 Å². The van der Waals surface area contributed by atoms with Crippen molar-refractivity contribution in [3.63, 3.8) is 0 Å². The Labute approximate surface area is 165 Å². The summed E-state index contributed by atoms with van der Waals surface area (Å²) in [4.78, 5) is 23.9. The van der Waals surface area contributed by atoms with E-state index in [1.165, 1.54) is 21.3 Å². The summed E-state index contributed by atoms with van der Waals surface area (Å²) >= 11 is 0. The maximum absolute atomic E-state index is 12.0. The Balaban J connectivity index is 1.78. The monoisotopic (exact) mass is 386 g/mol. The number of rotatable bonds is 10. The van der Waals surface area contributed by atoms with Crippen LogP contribution in [0.3, 0.4) is 0 Å². The second-order valence-corrected chi connectivity index (χ2v) is 6.07. The smallest absolute Gasteiger partial charge is 0.224 e. The number of benzene rings is 2. The molecule has 0 radical (unpaired) electrons. The van der Waals surface area contributed by atoms with Gasteiger partial charge in [-0.15, -0.1) is 0 Å². The Morgan fingerprint density at radius 1 is 0.821 bits per heavy atom. The largest absolute Gasteiger partial charge is 0.493 e. The number of ether oxygens (including phenoxy) is 3. The molecule has 150 valence electrons. The van der Waals surface area contributed by atoms with E-state index in [9.17, 15) is 9.59 Å². The minimum Gasteiger partial charge on any atom is -0.493 e. The summed E-state index contributed by atoms with van der Waals surface area (Å²) in [6, 6.07) is 13.0. The number of hydrogen-bond donors (Lipinski definition) is 2. The summed E-state index contributed by atoms with van der Waals surface area (Å²) in [5.74, 6) is 1.29. The fraction of sp³-hybridized carbons (Fsp3) is 0.333. The fourth-order valence-electron chi connectivity index (χ4n) is 2.69. The van der Waals surface area contributed by atoms with E-state index in [1.807, 2.05) is 30.3 Å². The van der Waals surface area contributed by atoms with Crippen LogP contribution < -0.4 is 24.8 Å². The lowest BCUT2D eigenvalue weighted by atomic mass is 10.1. The summed E-state index contributed by atoms with van der Waals surface area (Å²) in [5, 5.41) is 5.58. The molecule has 0 unspecified atom stereocenters. The van der Waals surface area contributed by atoms with Crippen LogP contribution in [-0.4, -0.2) is 39.7 Å². The number of carbonyl (C=O) groups is 2. The lowest BCUT2D eigenvalue weighted by molar-refractivity contribution is -0.122. The highest BCUT2D eigenvalue weighted by Gasteiger charge is 2.13. The first-order valence-corrected chi connectivity index (χ1v) is 8.93. The highest BCUT2D eigenvalue weighted by Crippen LogP contribution is 2.38. The van der Waals surface area contributed by atoms with E-state index in [1.54, 1.807) is 12.1 Å². The molecule has 2 rings (SSSR count). The summed E-state index contributed by atoms with van der Waals surface area (Å²) in [6.07, 6.45) is 0.499. The molecule has 0 aliphatic carbocycles. The van der Waals surface area contributed by atoms with Crippen LogP contribution in [0.1, 0.15) is 17.5 Å². The van der Waals surface area contributed by atoms with Gasteiger partial charge < -0.3 is 24.8 Å². The van der Waals surface area contributed by atoms with Crippen LogP contribution in [0.4, 0.5) is 0 Å². The van der Waals surface area contributed by atoms with E-state index in [0.717, 1.165) is 11.1 Å². The SMILES string of the molecule is COc1cc(CNC(=O)CCNC(=O)Cc2ccccc2)cc(OC)c1OC. The fourth-order valence-corrected chi connectivity index (χ4v) is 2.69. The molecule has 2 N–H and O–H groups in total. The van der Waals surface area contributed by atoms with E-state index in [0.29, 0.717) is 30.2 Å². The summed E-state index contributed by atoms with van der Waals surface area (Å²) < 4.78 is 15.9. The van der Waals surface area contributed by atoms with Gasteiger partial charge in [0.05, 0.1) is 27.8 Å². The van der Waals surface area contributed by atoms with E-state index < -0.39 is 0 Å². The van der Waals surface area contributed by atoms with Gasteiger partial charge in [0.25, 0.3) is 0 Å². The van der Waals surface area contributed by atoms with E-state index in [4.69, 9.17) is 14.2 Å². The third kappa shape index (κ3) is 6.19. The van der Waals surface area contributed by atoms with Gasteiger partial charge in [-0.2, -0.15) is 0 Å². The Bertz CT molecular complexity index is 768. The molecule has 0 aliphatic heterocycles. The van der Waals surface area contributed by atoms with Crippen molar-refractivity contribution in [1.82, 2.24) is 10.6 Å². The Kier molecular flexibility index (Phi) is 8.14. The van der Waals surface area contributed by atoms with Gasteiger partial charge in [-0.25, -0.2) is 0 Å². The maximum Gasteiger partial charge on any atom is 0.224 e. The third-order valence-electron chi connectivity index (χ3n) is 4.10. The molecule has 2 aromatic rings. The molecule has 0 aromatic heterocycles. The molecule has 0 saturated heterocycles. The molecule has 0 aliphatic rings. The van der Waals surface area contributed by atoms with Crippen molar-refractivity contribution in [3.8, 4) is 17.2 Å². The topological polar surface area (TPSA) is 85.9 Å². The van der Waals surface area contributed by atoms with E-state index in [2.05, 4.69) is 10.6 Å². The van der Waals surface area contributed by atoms with Crippen LogP contribution in [0, 0.1) is 0 Å². The second-order valence-electron chi connectivity index (χ2n) is 6.07. The highest BCUT2D eigenvalue weighted by molar-refractivity contribution is 5.80. The van der Waals surface area contributed by atoms with Crippen LogP contribution in [0.25, 0.3) is 0 Å². The molecule has 0 bridgehead atoms. The van der Waals surface area contributed by atoms with Gasteiger partial charge in [0.1, 0.15) is 0 Å². The predicted octanol–water partition coefficient (Wildman–Crippen LogP) is 2.08. The molecule has 28 heavy (non-hydrogen) atoms. The maximum atomic E-state index is 12.0. The Morgan fingerprint density at radius 2 is 1.46 bits per heavy atom. The molecule has 0 saturated carbocycles. The molecule has 7 nitrogen and oxygen atoms in total. The van der Waals surface area contributed by atoms with Gasteiger partial charge >= 0.3 is 0 Å². The highest BCUT2D eigenvalue weighted by atomic mass is 16.5. The number of hydrogen-bond acceptors (Lipinski definition) is 5.